The molecule has 34 heavy (non-hydrogen) atoms. The van der Waals surface area contributed by atoms with E-state index in [1.807, 2.05) is 42.3 Å². The molecule has 2 amide bonds. The fraction of sp³-hybridized carbons (Fsp3) is 0.542. The van der Waals surface area contributed by atoms with Gasteiger partial charge in [-0.2, -0.15) is 0 Å². The zero-order valence-corrected chi connectivity index (χ0v) is 20.4. The number of carbonyl (C=O) groups is 2. The molecule has 184 valence electrons. The summed E-state index contributed by atoms with van der Waals surface area (Å²) in [4.78, 5) is 31.6. The predicted octanol–water partition coefficient (Wildman–Crippen LogP) is 2.99. The smallest absolute Gasteiger partial charge is 0.406 e. The number of hydrogen-bond donors (Lipinski definition) is 2. The van der Waals surface area contributed by atoms with Gasteiger partial charge in [-0.05, 0) is 38.3 Å². The molecule has 2 fully saturated rings. The van der Waals surface area contributed by atoms with Crippen LogP contribution >= 0.6 is 11.6 Å². The van der Waals surface area contributed by atoms with Crippen molar-refractivity contribution < 1.29 is 19.1 Å². The minimum atomic E-state index is -0.462. The lowest BCUT2D eigenvalue weighted by atomic mass is 10.1. The van der Waals surface area contributed by atoms with Gasteiger partial charge in [0.15, 0.2) is 0 Å². The van der Waals surface area contributed by atoms with Crippen molar-refractivity contribution in [1.29, 1.82) is 0 Å². The van der Waals surface area contributed by atoms with Crippen molar-refractivity contribution in [2.45, 2.75) is 50.9 Å². The molecule has 9 nitrogen and oxygen atoms in total. The number of alkyl carbamates (subject to hydrolysis) is 1. The normalized spacial score (nSPS) is 18.9. The Kier molecular flexibility index (Phi) is 8.07. The molecule has 2 aliphatic rings. The summed E-state index contributed by atoms with van der Waals surface area (Å²) in [6, 6.07) is 7.60. The van der Waals surface area contributed by atoms with Gasteiger partial charge in [-0.3, -0.25) is 4.79 Å². The van der Waals surface area contributed by atoms with Crippen LogP contribution in [0.4, 0.5) is 4.79 Å². The Bertz CT molecular complexity index is 1000. The number of methoxy groups -OCH3 is 1. The van der Waals surface area contributed by atoms with Gasteiger partial charge in [0.25, 0.3) is 5.91 Å². The number of nitrogens with one attached hydrogen (secondary N) is 2. The van der Waals surface area contributed by atoms with Crippen molar-refractivity contribution in [1.82, 2.24) is 25.1 Å². The molecular weight excluding hydrogens is 458 g/mol. The lowest BCUT2D eigenvalue weighted by Gasteiger charge is -2.33. The number of aryl methyl sites for hydroxylation is 1. The molecule has 0 bridgehead atoms. The fourth-order valence-corrected chi connectivity index (χ4v) is 4.44. The molecule has 2 N–H and O–H groups in total. The second-order valence-electron chi connectivity index (χ2n) is 8.68. The predicted molar refractivity (Wildman–Crippen MR) is 129 cm³/mol. The van der Waals surface area contributed by atoms with E-state index < -0.39 is 12.2 Å². The number of morpholine rings is 1. The largest absolute Gasteiger partial charge is 0.453 e. The Hall–Kier alpha value is -2.62. The summed E-state index contributed by atoms with van der Waals surface area (Å²) in [6.45, 7) is 4.98. The summed E-state index contributed by atoms with van der Waals surface area (Å²) < 4.78 is 12.4. The van der Waals surface area contributed by atoms with Crippen LogP contribution in [0.2, 0.25) is 5.02 Å². The number of carbonyl (C=O) groups excluding carboxylic acids is 2. The standard InChI is InChI=1S/C24H32ClN5O4/c1-16(30(19-7-8-19)23(31)21-14-26-10-12-34-21)20-15-29(11-4-9-27-24(32)33-2)22(28-20)17-5-3-6-18(25)13-17/h3,5-6,13,15-16,19,21,26H,4,7-12,14H2,1-2H3,(H,27,32)/t16-,21-/m1/s1. The Morgan fingerprint density at radius 2 is 2.24 bits per heavy atom. The minimum Gasteiger partial charge on any atom is -0.453 e. The highest BCUT2D eigenvalue weighted by Crippen LogP contribution is 2.36. The van der Waals surface area contributed by atoms with E-state index >= 15 is 0 Å². The van der Waals surface area contributed by atoms with Gasteiger partial charge in [-0.15, -0.1) is 0 Å². The monoisotopic (exact) mass is 489 g/mol. The van der Waals surface area contributed by atoms with Gasteiger partial charge in [0, 0.05) is 49.0 Å². The van der Waals surface area contributed by atoms with E-state index in [1.54, 1.807) is 0 Å². The van der Waals surface area contributed by atoms with Crippen LogP contribution in [-0.4, -0.2) is 71.9 Å². The molecule has 2 heterocycles. The van der Waals surface area contributed by atoms with Crippen LogP contribution in [0.1, 0.15) is 37.9 Å². The number of rotatable bonds is 9. The van der Waals surface area contributed by atoms with Crippen LogP contribution in [0.3, 0.4) is 0 Å². The quantitative estimate of drug-likeness (QED) is 0.525. The van der Waals surface area contributed by atoms with E-state index in [9.17, 15) is 9.59 Å². The van der Waals surface area contributed by atoms with E-state index in [1.165, 1.54) is 7.11 Å². The zero-order chi connectivity index (χ0) is 24.1. The second kappa shape index (κ2) is 11.2. The van der Waals surface area contributed by atoms with Gasteiger partial charge in [0.1, 0.15) is 11.9 Å². The molecule has 4 rings (SSSR count). The van der Waals surface area contributed by atoms with E-state index in [4.69, 9.17) is 21.3 Å². The summed E-state index contributed by atoms with van der Waals surface area (Å²) in [7, 11) is 1.34. The molecule has 1 aliphatic carbocycles. The van der Waals surface area contributed by atoms with Crippen molar-refractivity contribution in [3.63, 3.8) is 0 Å². The first kappa shape index (κ1) is 24.5. The van der Waals surface area contributed by atoms with E-state index in [-0.39, 0.29) is 18.0 Å². The van der Waals surface area contributed by atoms with Gasteiger partial charge >= 0.3 is 6.09 Å². The van der Waals surface area contributed by atoms with Gasteiger partial charge < -0.3 is 29.6 Å². The zero-order valence-electron chi connectivity index (χ0n) is 19.6. The maximum Gasteiger partial charge on any atom is 0.406 e. The SMILES string of the molecule is COC(=O)NCCCn1cc([C@@H](C)N(C(=O)[C@H]2CNCCO2)C2CC2)nc1-c1cccc(Cl)c1. The maximum atomic E-state index is 13.4. The molecule has 1 aromatic heterocycles. The summed E-state index contributed by atoms with van der Waals surface area (Å²) in [5.41, 5.74) is 1.72. The van der Waals surface area contributed by atoms with Crippen LogP contribution in [0.25, 0.3) is 11.4 Å². The first-order valence-electron chi connectivity index (χ1n) is 11.8. The van der Waals surface area contributed by atoms with Crippen LogP contribution in [0, 0.1) is 0 Å². The number of benzene rings is 1. The number of imidazole rings is 1. The fourth-order valence-electron chi connectivity index (χ4n) is 4.25. The summed E-state index contributed by atoms with van der Waals surface area (Å²) in [5.74, 6) is 0.796. The highest BCUT2D eigenvalue weighted by Gasteiger charge is 2.40. The molecule has 2 aromatic rings. The first-order chi connectivity index (χ1) is 16.5. The minimum absolute atomic E-state index is 0.0170. The number of hydrogen-bond acceptors (Lipinski definition) is 6. The van der Waals surface area contributed by atoms with Crippen LogP contribution in [-0.2, 0) is 20.8 Å². The Balaban J connectivity index is 1.57. The Morgan fingerprint density at radius 3 is 2.91 bits per heavy atom. The van der Waals surface area contributed by atoms with Crippen molar-refractivity contribution in [2.75, 3.05) is 33.4 Å². The van der Waals surface area contributed by atoms with Crippen LogP contribution in [0.15, 0.2) is 30.5 Å². The molecule has 1 aliphatic heterocycles. The molecule has 10 heteroatoms. The molecule has 0 radical (unpaired) electrons. The van der Waals surface area contributed by atoms with Crippen LogP contribution < -0.4 is 10.6 Å². The maximum absolute atomic E-state index is 13.4. The highest BCUT2D eigenvalue weighted by molar-refractivity contribution is 6.30. The molecule has 2 atom stereocenters. The lowest BCUT2D eigenvalue weighted by molar-refractivity contribution is -0.148. The molecular formula is C24H32ClN5O4. The molecule has 1 aromatic carbocycles. The third-order valence-electron chi connectivity index (χ3n) is 6.15. The van der Waals surface area contributed by atoms with Gasteiger partial charge in [-0.1, -0.05) is 23.7 Å². The van der Waals surface area contributed by atoms with Crippen molar-refractivity contribution in [2.24, 2.45) is 0 Å². The summed E-state index contributed by atoms with van der Waals surface area (Å²) in [6.07, 6.45) is 3.78. The van der Waals surface area contributed by atoms with Gasteiger partial charge in [0.05, 0.1) is 25.5 Å². The van der Waals surface area contributed by atoms with Gasteiger partial charge in [-0.25, -0.2) is 9.78 Å². The first-order valence-corrected chi connectivity index (χ1v) is 12.1. The number of aromatic nitrogens is 2. The summed E-state index contributed by atoms with van der Waals surface area (Å²) >= 11 is 6.25. The van der Waals surface area contributed by atoms with Crippen molar-refractivity contribution in [3.8, 4) is 11.4 Å². The average Bonchev–Trinajstić information content (AvgIpc) is 3.59. The molecule has 1 saturated carbocycles. The number of ether oxygens (including phenoxy) is 2. The molecule has 0 spiro atoms. The van der Waals surface area contributed by atoms with Gasteiger partial charge in [0.2, 0.25) is 0 Å². The molecule has 0 unspecified atom stereocenters. The third-order valence-corrected chi connectivity index (χ3v) is 6.39. The summed E-state index contributed by atoms with van der Waals surface area (Å²) in [5, 5.41) is 6.58. The Labute approximate surface area is 204 Å². The van der Waals surface area contributed by atoms with E-state index in [2.05, 4.69) is 19.9 Å². The highest BCUT2D eigenvalue weighted by atomic mass is 35.5. The Morgan fingerprint density at radius 1 is 1.41 bits per heavy atom. The average molecular weight is 490 g/mol. The second-order valence-corrected chi connectivity index (χ2v) is 9.12. The number of amides is 2. The van der Waals surface area contributed by atoms with Crippen molar-refractivity contribution in [3.05, 3.63) is 41.2 Å². The van der Waals surface area contributed by atoms with Crippen molar-refractivity contribution >= 4 is 23.6 Å². The number of halogens is 1. The number of nitrogens with zero attached hydrogens (tertiary/aromatic N) is 3. The third kappa shape index (κ3) is 5.89. The van der Waals surface area contributed by atoms with E-state index in [0.29, 0.717) is 37.7 Å². The lowest BCUT2D eigenvalue weighted by Crippen LogP contribution is -2.50. The van der Waals surface area contributed by atoms with E-state index in [0.717, 1.165) is 36.5 Å². The molecule has 1 saturated heterocycles. The topological polar surface area (TPSA) is 97.7 Å². The van der Waals surface area contributed by atoms with Crippen LogP contribution in [0.5, 0.6) is 0 Å².